The van der Waals surface area contributed by atoms with Gasteiger partial charge in [0.1, 0.15) is 13.2 Å². The maximum Gasteiger partial charge on any atom is 0.306 e. The number of ether oxygens (including phenoxy) is 3. The van der Waals surface area contributed by atoms with Crippen molar-refractivity contribution >= 4 is 17.9 Å². The van der Waals surface area contributed by atoms with E-state index >= 15 is 0 Å². The third-order valence-corrected chi connectivity index (χ3v) is 15.7. The predicted octanol–water partition coefficient (Wildman–Crippen LogP) is 24.4. The number of hydrogen-bond donors (Lipinski definition) is 0. The van der Waals surface area contributed by atoms with Crippen LogP contribution in [0.4, 0.5) is 0 Å². The molecule has 0 rings (SSSR count). The molecule has 0 aromatic carbocycles. The fourth-order valence-corrected chi connectivity index (χ4v) is 10.3. The molecule has 0 N–H and O–H groups in total. The van der Waals surface area contributed by atoms with Crippen LogP contribution in [0.25, 0.3) is 0 Å². The van der Waals surface area contributed by atoms with Crippen LogP contribution in [0.3, 0.4) is 0 Å². The number of unbranched alkanes of at least 4 members (excludes halogenated alkanes) is 42. The van der Waals surface area contributed by atoms with Gasteiger partial charge in [-0.1, -0.05) is 325 Å². The Hall–Kier alpha value is -3.15. The summed E-state index contributed by atoms with van der Waals surface area (Å²) in [5, 5.41) is 0. The molecule has 0 amide bonds. The minimum absolute atomic E-state index is 0.0766. The zero-order valence-corrected chi connectivity index (χ0v) is 54.1. The molecule has 0 aromatic rings. The van der Waals surface area contributed by atoms with Crippen molar-refractivity contribution in [2.45, 2.75) is 374 Å². The van der Waals surface area contributed by atoms with Gasteiger partial charge < -0.3 is 14.2 Å². The van der Waals surface area contributed by atoms with Gasteiger partial charge in [-0.3, -0.25) is 14.4 Å². The first-order chi connectivity index (χ1) is 40.0. The Morgan fingerprint density at radius 1 is 0.247 bits per heavy atom. The average Bonchev–Trinajstić information content (AvgIpc) is 3.47. The molecule has 0 aliphatic carbocycles. The van der Waals surface area contributed by atoms with Crippen LogP contribution in [0.1, 0.15) is 367 Å². The van der Waals surface area contributed by atoms with Gasteiger partial charge in [0.25, 0.3) is 0 Å². The minimum atomic E-state index is -0.781. The van der Waals surface area contributed by atoms with Crippen LogP contribution >= 0.6 is 0 Å². The standard InChI is InChI=1S/C75H134O6/c1-4-7-10-13-16-19-22-24-26-28-30-32-33-34-35-36-37-38-39-40-41-43-44-46-48-50-53-56-59-62-65-68-74(77)80-71-72(70-79-73(76)67-64-61-58-55-52-21-18-15-12-9-6-3)81-75(78)69-66-63-60-57-54-51-49-47-45-42-31-29-27-25-23-20-17-14-11-8-5-2/h22-25,28-31,33-34,45,47,72H,4-21,26-27,32,35-44,46,48-71H2,1-3H3/b24-22-,25-23-,30-28-,31-29-,34-33-,47-45-. The highest BCUT2D eigenvalue weighted by Crippen LogP contribution is 2.17. The van der Waals surface area contributed by atoms with Gasteiger partial charge in [-0.2, -0.15) is 0 Å². The van der Waals surface area contributed by atoms with Gasteiger partial charge in [0.15, 0.2) is 6.10 Å². The number of rotatable bonds is 65. The van der Waals surface area contributed by atoms with Crippen LogP contribution in [-0.4, -0.2) is 37.2 Å². The SMILES string of the molecule is CCCCCCC/C=C\C/C=C\C/C=C\CCCCCCCCCCCCCCCCCCC(=O)OCC(COC(=O)CCCCCCCCCCCCC)OC(=O)CCCCCCCC/C=C\C/C=C\C/C=C\CCCCCCC. The van der Waals surface area contributed by atoms with E-state index in [1.54, 1.807) is 0 Å². The Bertz CT molecular complexity index is 1490. The summed E-state index contributed by atoms with van der Waals surface area (Å²) >= 11 is 0. The maximum atomic E-state index is 12.9. The Morgan fingerprint density at radius 3 is 0.691 bits per heavy atom. The first-order valence-corrected chi connectivity index (χ1v) is 35.4. The van der Waals surface area contributed by atoms with Crippen LogP contribution in [-0.2, 0) is 28.6 Å². The van der Waals surface area contributed by atoms with Crippen LogP contribution < -0.4 is 0 Å². The number of esters is 3. The van der Waals surface area contributed by atoms with Crippen LogP contribution in [0.2, 0.25) is 0 Å². The summed E-state index contributed by atoms with van der Waals surface area (Å²) in [6, 6.07) is 0. The van der Waals surface area contributed by atoms with Gasteiger partial charge >= 0.3 is 17.9 Å². The minimum Gasteiger partial charge on any atom is -0.462 e. The molecule has 0 heterocycles. The molecule has 0 aliphatic heterocycles. The Balaban J connectivity index is 4.19. The molecule has 470 valence electrons. The van der Waals surface area contributed by atoms with Gasteiger partial charge in [0, 0.05) is 19.3 Å². The summed E-state index contributed by atoms with van der Waals surface area (Å²) in [4.78, 5) is 38.3. The molecule has 0 saturated carbocycles. The third kappa shape index (κ3) is 67.5. The van der Waals surface area contributed by atoms with Gasteiger partial charge in [0.05, 0.1) is 0 Å². The van der Waals surface area contributed by atoms with Crippen molar-refractivity contribution in [2.75, 3.05) is 13.2 Å². The van der Waals surface area contributed by atoms with E-state index in [-0.39, 0.29) is 31.1 Å². The molecule has 81 heavy (non-hydrogen) atoms. The van der Waals surface area contributed by atoms with E-state index in [2.05, 4.69) is 93.7 Å². The largest absolute Gasteiger partial charge is 0.462 e. The van der Waals surface area contributed by atoms with Gasteiger partial charge in [-0.25, -0.2) is 0 Å². The lowest BCUT2D eigenvalue weighted by Gasteiger charge is -2.18. The van der Waals surface area contributed by atoms with Crippen molar-refractivity contribution in [1.82, 2.24) is 0 Å². The molecular weight excluding hydrogens is 997 g/mol. The molecule has 0 spiro atoms. The number of hydrogen-bond acceptors (Lipinski definition) is 6. The Morgan fingerprint density at radius 2 is 0.444 bits per heavy atom. The van der Waals surface area contributed by atoms with Crippen molar-refractivity contribution in [1.29, 1.82) is 0 Å². The average molecular weight is 1130 g/mol. The number of carbonyl (C=O) groups excluding carboxylic acids is 3. The van der Waals surface area contributed by atoms with Crippen molar-refractivity contribution in [3.63, 3.8) is 0 Å². The van der Waals surface area contributed by atoms with Gasteiger partial charge in [-0.05, 0) is 96.3 Å². The Kier molecular flexibility index (Phi) is 66.6. The van der Waals surface area contributed by atoms with Crippen LogP contribution in [0.5, 0.6) is 0 Å². The van der Waals surface area contributed by atoms with E-state index < -0.39 is 6.10 Å². The molecule has 0 aliphatic rings. The van der Waals surface area contributed by atoms with E-state index in [1.165, 1.54) is 238 Å². The van der Waals surface area contributed by atoms with Crippen molar-refractivity contribution in [3.05, 3.63) is 72.9 Å². The zero-order chi connectivity index (χ0) is 58.5. The molecule has 0 bridgehead atoms. The predicted molar refractivity (Wildman–Crippen MR) is 353 cm³/mol. The zero-order valence-electron chi connectivity index (χ0n) is 54.1. The summed E-state index contributed by atoms with van der Waals surface area (Å²) in [6.45, 7) is 6.65. The van der Waals surface area contributed by atoms with Crippen LogP contribution in [0.15, 0.2) is 72.9 Å². The number of carbonyl (C=O) groups is 3. The molecule has 0 aromatic heterocycles. The smallest absolute Gasteiger partial charge is 0.306 e. The van der Waals surface area contributed by atoms with E-state index in [4.69, 9.17) is 14.2 Å². The van der Waals surface area contributed by atoms with Gasteiger partial charge in [0.2, 0.25) is 0 Å². The quantitative estimate of drug-likeness (QED) is 0.0261. The number of allylic oxidation sites excluding steroid dienone is 12. The lowest BCUT2D eigenvalue weighted by atomic mass is 10.0. The van der Waals surface area contributed by atoms with Gasteiger partial charge in [-0.15, -0.1) is 0 Å². The second-order valence-corrected chi connectivity index (χ2v) is 23.8. The summed E-state index contributed by atoms with van der Waals surface area (Å²) in [6.07, 6.45) is 90.8. The molecule has 0 saturated heterocycles. The van der Waals surface area contributed by atoms with E-state index in [9.17, 15) is 14.4 Å². The molecule has 6 heteroatoms. The highest BCUT2D eigenvalue weighted by Gasteiger charge is 2.19. The second kappa shape index (κ2) is 69.3. The lowest BCUT2D eigenvalue weighted by molar-refractivity contribution is -0.167. The molecule has 0 fully saturated rings. The lowest BCUT2D eigenvalue weighted by Crippen LogP contribution is -2.30. The summed E-state index contributed by atoms with van der Waals surface area (Å²) < 4.78 is 16.9. The maximum absolute atomic E-state index is 12.9. The fourth-order valence-electron chi connectivity index (χ4n) is 10.3. The van der Waals surface area contributed by atoms with Crippen molar-refractivity contribution < 1.29 is 28.6 Å². The van der Waals surface area contributed by atoms with Crippen molar-refractivity contribution in [2.24, 2.45) is 0 Å². The molecule has 6 nitrogen and oxygen atoms in total. The molecular formula is C75H134O6. The van der Waals surface area contributed by atoms with Crippen LogP contribution in [0, 0.1) is 0 Å². The van der Waals surface area contributed by atoms with E-state index in [0.717, 1.165) is 89.9 Å². The molecule has 0 radical (unpaired) electrons. The normalized spacial score (nSPS) is 12.5. The molecule has 1 unspecified atom stereocenters. The molecule has 1 atom stereocenters. The third-order valence-electron chi connectivity index (χ3n) is 15.7. The second-order valence-electron chi connectivity index (χ2n) is 23.8. The summed E-state index contributed by atoms with van der Waals surface area (Å²) in [7, 11) is 0. The summed E-state index contributed by atoms with van der Waals surface area (Å²) in [5.74, 6) is -0.871. The van der Waals surface area contributed by atoms with E-state index in [1.807, 2.05) is 0 Å². The first-order valence-electron chi connectivity index (χ1n) is 35.4. The monoisotopic (exact) mass is 1130 g/mol. The first kappa shape index (κ1) is 77.9. The highest BCUT2D eigenvalue weighted by atomic mass is 16.6. The van der Waals surface area contributed by atoms with Crippen molar-refractivity contribution in [3.8, 4) is 0 Å². The topological polar surface area (TPSA) is 78.9 Å². The Labute approximate surface area is 503 Å². The van der Waals surface area contributed by atoms with E-state index in [0.29, 0.717) is 19.3 Å². The summed E-state index contributed by atoms with van der Waals surface area (Å²) in [5.41, 5.74) is 0. The highest BCUT2D eigenvalue weighted by molar-refractivity contribution is 5.71. The fraction of sp³-hybridized carbons (Fsp3) is 0.800.